The second-order valence-electron chi connectivity index (χ2n) is 27.4. The second-order valence-corrected chi connectivity index (χ2v) is 27.4. The topological polar surface area (TPSA) is 22.9 Å². The molecule has 2 fully saturated rings. The van der Waals surface area contributed by atoms with Gasteiger partial charge in [0.05, 0.1) is 16.8 Å². The molecule has 6 aromatic carbocycles. The van der Waals surface area contributed by atoms with Gasteiger partial charge in [-0.1, -0.05) is 163 Å². The van der Waals surface area contributed by atoms with E-state index in [0.29, 0.717) is 0 Å². The molecule has 4 nitrogen and oxygen atoms in total. The summed E-state index contributed by atoms with van der Waals surface area (Å²) in [6.07, 6.45) is 9.72. The number of aryl methyl sites for hydroxylation is 2. The number of rotatable bonds is 2. The molecule has 1 aromatic heterocycles. The molecule has 13 rings (SSSR count). The zero-order valence-corrected chi connectivity index (χ0v) is 45.6. The normalized spacial score (nSPS) is 25.3. The number of hydrogen-bond acceptors (Lipinski definition) is 4. The summed E-state index contributed by atoms with van der Waals surface area (Å²) < 4.78 is 6.91. The highest BCUT2D eigenvalue weighted by Gasteiger charge is 2.63. The minimum absolute atomic E-state index is 0.00263. The van der Waals surface area contributed by atoms with E-state index in [2.05, 4.69) is 210 Å². The Balaban J connectivity index is 1.20. The van der Waals surface area contributed by atoms with Crippen molar-refractivity contribution in [2.45, 2.75) is 193 Å². The van der Waals surface area contributed by atoms with Gasteiger partial charge in [-0.15, -0.1) is 0 Å². The van der Waals surface area contributed by atoms with E-state index in [1.807, 2.05) is 0 Å². The second kappa shape index (κ2) is 14.2. The lowest BCUT2D eigenvalue weighted by Gasteiger charge is -2.54. The SMILES string of the molecule is Cc1cc(C(C)(C)C)cc(C)c1N1c2cc3oc4ccccc4c3cc2B2c3cc(C(C)(C)C)cc4c3N(c3cc(N5c6ccc(C(C)(C)C)cc6C6(C)CCCCC56C)cc1c32)C1(C)CCCCC41C. The highest BCUT2D eigenvalue weighted by Crippen LogP contribution is 2.65. The molecular formula is C66H76BN3O. The van der Waals surface area contributed by atoms with Gasteiger partial charge in [0.2, 0.25) is 0 Å². The van der Waals surface area contributed by atoms with Gasteiger partial charge in [-0.3, -0.25) is 0 Å². The van der Waals surface area contributed by atoms with Gasteiger partial charge in [0, 0.05) is 61.8 Å². The molecule has 364 valence electrons. The van der Waals surface area contributed by atoms with Crippen LogP contribution in [0, 0.1) is 13.8 Å². The minimum Gasteiger partial charge on any atom is -0.456 e. The Morgan fingerprint density at radius 3 is 1.72 bits per heavy atom. The van der Waals surface area contributed by atoms with Gasteiger partial charge in [0.15, 0.2) is 0 Å². The lowest BCUT2D eigenvalue weighted by atomic mass is 9.33. The van der Waals surface area contributed by atoms with Gasteiger partial charge in [0.25, 0.3) is 6.71 Å². The van der Waals surface area contributed by atoms with Crippen LogP contribution in [0.3, 0.4) is 0 Å². The number of nitrogens with zero attached hydrogens (tertiary/aromatic N) is 3. The quantitative estimate of drug-likeness (QED) is 0.161. The van der Waals surface area contributed by atoms with Crippen molar-refractivity contribution >= 4 is 84.9 Å². The Labute approximate surface area is 425 Å². The molecule has 2 aliphatic carbocycles. The van der Waals surface area contributed by atoms with E-state index in [4.69, 9.17) is 4.42 Å². The van der Waals surface area contributed by atoms with Gasteiger partial charge in [-0.25, -0.2) is 0 Å². The monoisotopic (exact) mass is 938 g/mol. The van der Waals surface area contributed by atoms with E-state index in [1.54, 1.807) is 5.56 Å². The van der Waals surface area contributed by atoms with Crippen LogP contribution in [0.25, 0.3) is 21.9 Å². The van der Waals surface area contributed by atoms with E-state index in [1.165, 1.54) is 145 Å². The van der Waals surface area contributed by atoms with Crippen molar-refractivity contribution in [2.75, 3.05) is 14.7 Å². The maximum atomic E-state index is 6.91. The average Bonchev–Trinajstić information content (AvgIpc) is 3.84. The number of anilines is 7. The zero-order valence-electron chi connectivity index (χ0n) is 45.6. The fourth-order valence-corrected chi connectivity index (χ4v) is 15.7. The molecule has 0 N–H and O–H groups in total. The third-order valence-electron chi connectivity index (χ3n) is 20.2. The summed E-state index contributed by atoms with van der Waals surface area (Å²) in [6.45, 7) is 36.8. The molecular weight excluding hydrogens is 862 g/mol. The average molecular weight is 938 g/mol. The fourth-order valence-electron chi connectivity index (χ4n) is 15.7. The van der Waals surface area contributed by atoms with Crippen LogP contribution >= 0.6 is 0 Å². The molecule has 7 aromatic rings. The van der Waals surface area contributed by atoms with Crippen LogP contribution in [0.5, 0.6) is 0 Å². The number of furan rings is 1. The van der Waals surface area contributed by atoms with Crippen molar-refractivity contribution in [3.05, 3.63) is 130 Å². The maximum Gasteiger partial charge on any atom is 0.252 e. The van der Waals surface area contributed by atoms with Crippen molar-refractivity contribution in [3.8, 4) is 0 Å². The van der Waals surface area contributed by atoms with Crippen LogP contribution in [-0.4, -0.2) is 17.8 Å². The molecule has 4 aliphatic heterocycles. The number of benzene rings is 6. The van der Waals surface area contributed by atoms with Crippen LogP contribution in [-0.2, 0) is 27.1 Å². The zero-order chi connectivity index (χ0) is 49.9. The molecule has 6 aliphatic rings. The first-order chi connectivity index (χ1) is 33.4. The van der Waals surface area contributed by atoms with Gasteiger partial charge in [-0.05, 0) is 149 Å². The van der Waals surface area contributed by atoms with Crippen molar-refractivity contribution in [1.29, 1.82) is 0 Å². The lowest BCUT2D eigenvalue weighted by Crippen LogP contribution is -2.64. The van der Waals surface area contributed by atoms with E-state index < -0.39 is 0 Å². The Bertz CT molecular complexity index is 3440. The smallest absolute Gasteiger partial charge is 0.252 e. The molecule has 0 amide bonds. The first-order valence-corrected chi connectivity index (χ1v) is 27.4. The van der Waals surface area contributed by atoms with Crippen molar-refractivity contribution in [3.63, 3.8) is 0 Å². The summed E-state index contributed by atoms with van der Waals surface area (Å²) in [5.74, 6) is 0. The minimum atomic E-state index is -0.115. The number of para-hydroxylation sites is 1. The molecule has 0 bridgehead atoms. The van der Waals surface area contributed by atoms with Crippen LogP contribution in [0.2, 0.25) is 0 Å². The Hall–Kier alpha value is -5.42. The van der Waals surface area contributed by atoms with E-state index >= 15 is 0 Å². The first-order valence-electron chi connectivity index (χ1n) is 27.4. The number of fused-ring (bicyclic) bond motifs is 13. The van der Waals surface area contributed by atoms with Crippen molar-refractivity contribution < 1.29 is 4.42 Å². The number of hydrogen-bond donors (Lipinski definition) is 0. The van der Waals surface area contributed by atoms with E-state index in [-0.39, 0.29) is 44.9 Å². The van der Waals surface area contributed by atoms with E-state index in [0.717, 1.165) is 17.6 Å². The molecule has 5 heterocycles. The third kappa shape index (κ3) is 5.81. The van der Waals surface area contributed by atoms with Crippen molar-refractivity contribution in [2.24, 2.45) is 0 Å². The largest absolute Gasteiger partial charge is 0.456 e. The summed E-state index contributed by atoms with van der Waals surface area (Å²) >= 11 is 0. The molecule has 4 atom stereocenters. The summed E-state index contributed by atoms with van der Waals surface area (Å²) in [5.41, 5.74) is 25.4. The summed E-state index contributed by atoms with van der Waals surface area (Å²) in [5, 5.41) is 2.38. The Morgan fingerprint density at radius 2 is 1.06 bits per heavy atom. The third-order valence-corrected chi connectivity index (χ3v) is 20.2. The summed E-state index contributed by atoms with van der Waals surface area (Å²) in [6, 6.07) is 36.9. The predicted molar refractivity (Wildman–Crippen MR) is 304 cm³/mol. The van der Waals surface area contributed by atoms with Crippen LogP contribution in [0.1, 0.15) is 180 Å². The van der Waals surface area contributed by atoms with Gasteiger partial charge in [0.1, 0.15) is 11.2 Å². The summed E-state index contributed by atoms with van der Waals surface area (Å²) in [4.78, 5) is 8.55. The lowest BCUT2D eigenvalue weighted by molar-refractivity contribution is 0.194. The van der Waals surface area contributed by atoms with Crippen LogP contribution < -0.4 is 31.1 Å². The summed E-state index contributed by atoms with van der Waals surface area (Å²) in [7, 11) is 0. The fraction of sp³-hybridized carbons (Fsp3) is 0.455. The molecule has 0 spiro atoms. The maximum absolute atomic E-state index is 6.91. The van der Waals surface area contributed by atoms with Crippen molar-refractivity contribution in [1.82, 2.24) is 0 Å². The standard InChI is InChI=1S/C66H76BN3O/c1-39-30-42(61(6,7)8)31-40(2)58(39)68-52-38-56-46(45-22-16-17-23-55(45)71-56)37-49(52)67-50-34-43(62(9,10)11)33-48-59(50)70(66(15)29-21-19-27-64(48,66)13)54-36-44(35-53(68)57(54)67)69-51-25-24-41(60(3,4)5)32-47(51)63(12)26-18-20-28-65(63,69)14/h16-17,22-25,30-38H,18-21,26-29H2,1-15H3. The molecule has 0 radical (unpaired) electrons. The highest BCUT2D eigenvalue weighted by molar-refractivity contribution is 7.00. The highest BCUT2D eigenvalue weighted by atomic mass is 16.3. The van der Waals surface area contributed by atoms with Crippen LogP contribution in [0.4, 0.5) is 39.8 Å². The molecule has 2 saturated carbocycles. The Kier molecular flexibility index (Phi) is 9.09. The van der Waals surface area contributed by atoms with Gasteiger partial charge in [-0.2, -0.15) is 0 Å². The molecule has 71 heavy (non-hydrogen) atoms. The molecule has 4 unspecified atom stereocenters. The first kappa shape index (κ1) is 45.4. The van der Waals surface area contributed by atoms with E-state index in [9.17, 15) is 0 Å². The van der Waals surface area contributed by atoms with Crippen LogP contribution in [0.15, 0.2) is 95.4 Å². The molecule has 5 heteroatoms. The predicted octanol–water partition coefficient (Wildman–Crippen LogP) is 16.2. The Morgan fingerprint density at radius 1 is 0.479 bits per heavy atom. The van der Waals surface area contributed by atoms with Gasteiger partial charge >= 0.3 is 0 Å². The van der Waals surface area contributed by atoms with Gasteiger partial charge < -0.3 is 19.1 Å². The molecule has 0 saturated heterocycles.